The number of allylic oxidation sites excluding steroid dienone is 2. The highest BCUT2D eigenvalue weighted by Gasteiger charge is 2.30. The average molecular weight is 223 g/mol. The van der Waals surface area contributed by atoms with E-state index in [2.05, 4.69) is 12.2 Å². The van der Waals surface area contributed by atoms with Crippen LogP contribution in [-0.4, -0.2) is 35.6 Å². The van der Waals surface area contributed by atoms with E-state index in [9.17, 15) is 4.79 Å². The number of carbonyl (C=O) groups is 1. The maximum atomic E-state index is 12.2. The number of amides is 1. The number of carbonyl (C=O) groups excluding carboxylic acids is 1. The van der Waals surface area contributed by atoms with Crippen molar-refractivity contribution in [3.63, 3.8) is 0 Å². The lowest BCUT2D eigenvalue weighted by atomic mass is 9.93. The van der Waals surface area contributed by atoms with Gasteiger partial charge in [-0.3, -0.25) is 4.79 Å². The van der Waals surface area contributed by atoms with E-state index in [0.717, 1.165) is 45.2 Å². The summed E-state index contributed by atoms with van der Waals surface area (Å²) in [6.07, 6.45) is 9.18. The predicted octanol–water partition coefficient (Wildman–Crippen LogP) is 1.57. The molecule has 2 atom stereocenters. The van der Waals surface area contributed by atoms with Gasteiger partial charge in [-0.2, -0.15) is 0 Å². The molecular weight excluding hydrogens is 202 g/mol. The molecule has 3 heteroatoms. The molecule has 0 saturated carbocycles. The number of aliphatic hydroxyl groups excluding tert-OH is 1. The molecule has 90 valence electrons. The van der Waals surface area contributed by atoms with E-state index >= 15 is 0 Å². The first kappa shape index (κ1) is 11.6. The van der Waals surface area contributed by atoms with Crippen LogP contribution in [0, 0.1) is 11.8 Å². The van der Waals surface area contributed by atoms with Gasteiger partial charge in [-0.25, -0.2) is 0 Å². The minimum absolute atomic E-state index is 0.220. The highest BCUT2D eigenvalue weighted by molar-refractivity contribution is 5.79. The van der Waals surface area contributed by atoms with Gasteiger partial charge in [0, 0.05) is 25.6 Å². The van der Waals surface area contributed by atoms with Crippen LogP contribution in [0.1, 0.15) is 32.1 Å². The number of hydrogen-bond acceptors (Lipinski definition) is 2. The van der Waals surface area contributed by atoms with Crippen LogP contribution in [0.15, 0.2) is 12.2 Å². The largest absolute Gasteiger partial charge is 0.396 e. The van der Waals surface area contributed by atoms with Crippen molar-refractivity contribution in [1.29, 1.82) is 0 Å². The third kappa shape index (κ3) is 2.64. The standard InChI is InChI=1S/C13H21NO2/c15-9-7-11-6-8-14(10-11)13(16)12-4-2-1-3-5-12/h1-2,11-12,15H,3-10H2. The van der Waals surface area contributed by atoms with E-state index < -0.39 is 0 Å². The third-order valence-corrected chi connectivity index (χ3v) is 3.75. The van der Waals surface area contributed by atoms with Crippen LogP contribution in [0.3, 0.4) is 0 Å². The van der Waals surface area contributed by atoms with Crippen molar-refractivity contribution >= 4 is 5.91 Å². The van der Waals surface area contributed by atoms with Gasteiger partial charge >= 0.3 is 0 Å². The number of likely N-dealkylation sites (tertiary alicyclic amines) is 1. The summed E-state index contributed by atoms with van der Waals surface area (Å²) >= 11 is 0. The lowest BCUT2D eigenvalue weighted by molar-refractivity contribution is -0.134. The summed E-state index contributed by atoms with van der Waals surface area (Å²) in [5, 5.41) is 8.89. The maximum absolute atomic E-state index is 12.2. The zero-order valence-corrected chi connectivity index (χ0v) is 9.77. The Labute approximate surface area is 97.1 Å². The molecule has 0 aromatic rings. The number of aliphatic hydroxyl groups is 1. The van der Waals surface area contributed by atoms with Gasteiger partial charge in [-0.1, -0.05) is 12.2 Å². The van der Waals surface area contributed by atoms with Gasteiger partial charge in [0.15, 0.2) is 0 Å². The Balaban J connectivity index is 1.84. The maximum Gasteiger partial charge on any atom is 0.226 e. The van der Waals surface area contributed by atoms with Crippen molar-refractivity contribution < 1.29 is 9.90 Å². The Kier molecular flexibility index (Phi) is 3.99. The number of rotatable bonds is 3. The molecule has 0 aromatic carbocycles. The summed E-state index contributed by atoms with van der Waals surface area (Å²) in [6, 6.07) is 0. The molecule has 3 nitrogen and oxygen atoms in total. The molecule has 16 heavy (non-hydrogen) atoms. The van der Waals surface area contributed by atoms with Crippen LogP contribution in [0.2, 0.25) is 0 Å². The number of nitrogens with zero attached hydrogens (tertiary/aromatic N) is 1. The summed E-state index contributed by atoms with van der Waals surface area (Å²) in [7, 11) is 0. The smallest absolute Gasteiger partial charge is 0.226 e. The second-order valence-electron chi connectivity index (χ2n) is 4.93. The first-order valence-electron chi connectivity index (χ1n) is 6.36. The van der Waals surface area contributed by atoms with E-state index in [4.69, 9.17) is 5.11 Å². The molecule has 0 bridgehead atoms. The van der Waals surface area contributed by atoms with Crippen LogP contribution in [0.4, 0.5) is 0 Å². The summed E-state index contributed by atoms with van der Waals surface area (Å²) in [5.41, 5.74) is 0. The minimum atomic E-state index is 0.220. The topological polar surface area (TPSA) is 40.5 Å². The van der Waals surface area contributed by atoms with Crippen LogP contribution < -0.4 is 0 Å². The molecular formula is C13H21NO2. The number of hydrogen-bond donors (Lipinski definition) is 1. The van der Waals surface area contributed by atoms with Crippen LogP contribution in [0.25, 0.3) is 0 Å². The van der Waals surface area contributed by atoms with Gasteiger partial charge in [0.25, 0.3) is 0 Å². The average Bonchev–Trinajstić information content (AvgIpc) is 2.78. The predicted molar refractivity (Wildman–Crippen MR) is 62.9 cm³/mol. The fraction of sp³-hybridized carbons (Fsp3) is 0.769. The molecule has 1 saturated heterocycles. The van der Waals surface area contributed by atoms with E-state index in [1.54, 1.807) is 0 Å². The van der Waals surface area contributed by atoms with Gasteiger partial charge in [-0.05, 0) is 38.0 Å². The zero-order chi connectivity index (χ0) is 11.4. The summed E-state index contributed by atoms with van der Waals surface area (Å²) < 4.78 is 0. The summed E-state index contributed by atoms with van der Waals surface area (Å²) in [4.78, 5) is 14.2. The SMILES string of the molecule is O=C(C1CC=CCC1)N1CCC(CCO)C1. The van der Waals surface area contributed by atoms with Crippen LogP contribution in [-0.2, 0) is 4.79 Å². The lowest BCUT2D eigenvalue weighted by Crippen LogP contribution is -2.34. The molecule has 1 heterocycles. The molecule has 2 unspecified atom stereocenters. The van der Waals surface area contributed by atoms with Crippen LogP contribution >= 0.6 is 0 Å². The Bertz CT molecular complexity index is 275. The quantitative estimate of drug-likeness (QED) is 0.738. The fourth-order valence-electron chi connectivity index (χ4n) is 2.73. The molecule has 2 aliphatic rings. The van der Waals surface area contributed by atoms with Crippen molar-refractivity contribution in [3.8, 4) is 0 Å². The van der Waals surface area contributed by atoms with Crippen LogP contribution in [0.5, 0.6) is 0 Å². The van der Waals surface area contributed by atoms with Gasteiger partial charge in [0.05, 0.1) is 0 Å². The molecule has 1 N–H and O–H groups in total. The summed E-state index contributed by atoms with van der Waals surface area (Å²) in [6.45, 7) is 2.00. The molecule has 1 fully saturated rings. The van der Waals surface area contributed by atoms with E-state index in [1.165, 1.54) is 0 Å². The third-order valence-electron chi connectivity index (χ3n) is 3.75. The first-order chi connectivity index (χ1) is 7.81. The second kappa shape index (κ2) is 5.48. The molecule has 1 aliphatic carbocycles. The molecule has 0 aromatic heterocycles. The molecule has 1 aliphatic heterocycles. The van der Waals surface area contributed by atoms with Crippen molar-refractivity contribution in [2.24, 2.45) is 11.8 Å². The zero-order valence-electron chi connectivity index (χ0n) is 9.77. The summed E-state index contributed by atoms with van der Waals surface area (Å²) in [5.74, 6) is 1.08. The van der Waals surface area contributed by atoms with Crippen molar-refractivity contribution in [3.05, 3.63) is 12.2 Å². The Hall–Kier alpha value is -0.830. The normalized spacial score (nSPS) is 29.7. The minimum Gasteiger partial charge on any atom is -0.396 e. The Morgan fingerprint density at radius 2 is 2.25 bits per heavy atom. The Morgan fingerprint density at radius 1 is 1.38 bits per heavy atom. The van der Waals surface area contributed by atoms with Gasteiger partial charge < -0.3 is 10.0 Å². The monoisotopic (exact) mass is 223 g/mol. The van der Waals surface area contributed by atoms with Crippen molar-refractivity contribution in [1.82, 2.24) is 4.90 Å². The molecule has 1 amide bonds. The van der Waals surface area contributed by atoms with Gasteiger partial charge in [0.2, 0.25) is 5.91 Å². The van der Waals surface area contributed by atoms with Gasteiger partial charge in [-0.15, -0.1) is 0 Å². The fourth-order valence-corrected chi connectivity index (χ4v) is 2.73. The van der Waals surface area contributed by atoms with E-state index in [0.29, 0.717) is 11.8 Å². The van der Waals surface area contributed by atoms with Gasteiger partial charge in [0.1, 0.15) is 0 Å². The molecule has 2 rings (SSSR count). The second-order valence-corrected chi connectivity index (χ2v) is 4.93. The molecule has 0 spiro atoms. The van der Waals surface area contributed by atoms with Crippen molar-refractivity contribution in [2.45, 2.75) is 32.1 Å². The highest BCUT2D eigenvalue weighted by atomic mass is 16.3. The first-order valence-corrected chi connectivity index (χ1v) is 6.36. The lowest BCUT2D eigenvalue weighted by Gasteiger charge is -2.24. The van der Waals surface area contributed by atoms with Crippen molar-refractivity contribution in [2.75, 3.05) is 19.7 Å². The van der Waals surface area contributed by atoms with E-state index in [-0.39, 0.29) is 12.5 Å². The Morgan fingerprint density at radius 3 is 2.94 bits per heavy atom. The highest BCUT2D eigenvalue weighted by Crippen LogP contribution is 2.25. The molecule has 0 radical (unpaired) electrons. The van der Waals surface area contributed by atoms with E-state index in [1.807, 2.05) is 4.90 Å².